The number of rotatable bonds is 4. The van der Waals surface area contributed by atoms with Crippen LogP contribution in [0.1, 0.15) is 12.8 Å². The smallest absolute Gasteiger partial charge is 0.306 e. The fourth-order valence-corrected chi connectivity index (χ4v) is 5.03. The third-order valence-electron chi connectivity index (χ3n) is 5.80. The van der Waals surface area contributed by atoms with Crippen LogP contribution in [0.2, 0.25) is 0 Å². The number of anilines is 1. The molecule has 0 unspecified atom stereocenters. The molecule has 2 aromatic heterocycles. The quantitative estimate of drug-likeness (QED) is 0.488. The molecule has 0 spiro atoms. The topological polar surface area (TPSA) is 66.3 Å². The van der Waals surface area contributed by atoms with E-state index in [1.807, 2.05) is 18.2 Å². The molecule has 6 heteroatoms. The highest BCUT2D eigenvalue weighted by Crippen LogP contribution is 2.39. The molecule has 1 aliphatic heterocycles. The predicted molar refractivity (Wildman–Crippen MR) is 121 cm³/mol. The molecular weight excluding hydrogens is 394 g/mol. The van der Waals surface area contributed by atoms with E-state index in [1.54, 1.807) is 17.7 Å². The van der Waals surface area contributed by atoms with Gasteiger partial charge in [-0.15, -0.1) is 11.3 Å². The highest BCUT2D eigenvalue weighted by atomic mass is 32.1. The zero-order valence-electron chi connectivity index (χ0n) is 16.4. The molecular formula is C24H21N3O2S. The van der Waals surface area contributed by atoms with Gasteiger partial charge in [0.1, 0.15) is 17.0 Å². The Morgan fingerprint density at radius 3 is 2.30 bits per heavy atom. The van der Waals surface area contributed by atoms with Gasteiger partial charge in [0.05, 0.1) is 11.3 Å². The number of nitrogens with zero attached hydrogens (tertiary/aromatic N) is 3. The van der Waals surface area contributed by atoms with Gasteiger partial charge in [0, 0.05) is 24.0 Å². The number of carboxylic acids is 1. The summed E-state index contributed by atoms with van der Waals surface area (Å²) >= 11 is 1.62. The molecule has 150 valence electrons. The summed E-state index contributed by atoms with van der Waals surface area (Å²) in [5.41, 5.74) is 4.65. The number of carbonyl (C=O) groups is 1. The second-order valence-corrected chi connectivity index (χ2v) is 8.43. The summed E-state index contributed by atoms with van der Waals surface area (Å²) in [4.78, 5) is 23.5. The van der Waals surface area contributed by atoms with Crippen molar-refractivity contribution in [3.63, 3.8) is 0 Å². The van der Waals surface area contributed by atoms with Gasteiger partial charge in [-0.1, -0.05) is 54.6 Å². The molecule has 30 heavy (non-hydrogen) atoms. The van der Waals surface area contributed by atoms with Gasteiger partial charge in [-0.25, -0.2) is 9.97 Å². The van der Waals surface area contributed by atoms with Crippen LogP contribution < -0.4 is 4.90 Å². The van der Waals surface area contributed by atoms with Gasteiger partial charge in [-0.2, -0.15) is 0 Å². The zero-order valence-corrected chi connectivity index (χ0v) is 17.2. The lowest BCUT2D eigenvalue weighted by Crippen LogP contribution is -2.36. The van der Waals surface area contributed by atoms with Crippen LogP contribution in [-0.4, -0.2) is 34.1 Å². The Hall–Kier alpha value is -3.25. The molecule has 1 fully saturated rings. The van der Waals surface area contributed by atoms with Crippen LogP contribution in [0.4, 0.5) is 5.82 Å². The maximum atomic E-state index is 11.3. The van der Waals surface area contributed by atoms with E-state index in [0.29, 0.717) is 25.9 Å². The molecule has 1 aliphatic rings. The van der Waals surface area contributed by atoms with E-state index in [0.717, 1.165) is 27.2 Å². The number of hydrogen-bond acceptors (Lipinski definition) is 5. The average Bonchev–Trinajstić information content (AvgIpc) is 3.24. The van der Waals surface area contributed by atoms with Crippen molar-refractivity contribution < 1.29 is 9.90 Å². The van der Waals surface area contributed by atoms with Gasteiger partial charge in [-0.3, -0.25) is 4.79 Å². The minimum atomic E-state index is -0.697. The molecule has 0 saturated carbocycles. The predicted octanol–water partition coefficient (Wildman–Crippen LogP) is 5.33. The van der Waals surface area contributed by atoms with Crippen molar-refractivity contribution in [2.45, 2.75) is 12.8 Å². The van der Waals surface area contributed by atoms with Gasteiger partial charge < -0.3 is 10.0 Å². The number of fused-ring (bicyclic) bond motifs is 1. The van der Waals surface area contributed by atoms with Crippen LogP contribution in [0.5, 0.6) is 0 Å². The van der Waals surface area contributed by atoms with Crippen molar-refractivity contribution in [3.8, 4) is 22.3 Å². The Morgan fingerprint density at radius 1 is 0.933 bits per heavy atom. The van der Waals surface area contributed by atoms with Crippen LogP contribution in [0, 0.1) is 5.92 Å². The second-order valence-electron chi connectivity index (χ2n) is 7.57. The summed E-state index contributed by atoms with van der Waals surface area (Å²) in [5.74, 6) is -0.0458. The Kier molecular flexibility index (Phi) is 4.93. The first kappa shape index (κ1) is 18.8. The summed E-state index contributed by atoms with van der Waals surface area (Å²) in [7, 11) is 0. The number of aromatic nitrogens is 2. The molecule has 2 aromatic carbocycles. The molecule has 1 N–H and O–H groups in total. The van der Waals surface area contributed by atoms with Crippen molar-refractivity contribution >= 4 is 33.3 Å². The Balaban J connectivity index is 1.50. The van der Waals surface area contributed by atoms with Crippen molar-refractivity contribution in [2.24, 2.45) is 5.92 Å². The monoisotopic (exact) mass is 415 g/mol. The summed E-state index contributed by atoms with van der Waals surface area (Å²) < 4.78 is 0. The van der Waals surface area contributed by atoms with Gasteiger partial charge in [0.25, 0.3) is 0 Å². The van der Waals surface area contributed by atoms with Crippen molar-refractivity contribution in [3.05, 3.63) is 66.3 Å². The summed E-state index contributed by atoms with van der Waals surface area (Å²) in [6.07, 6.45) is 2.90. The Morgan fingerprint density at radius 2 is 1.60 bits per heavy atom. The van der Waals surface area contributed by atoms with E-state index in [9.17, 15) is 9.90 Å². The van der Waals surface area contributed by atoms with E-state index in [4.69, 9.17) is 0 Å². The van der Waals surface area contributed by atoms with Crippen LogP contribution in [0.25, 0.3) is 32.5 Å². The van der Waals surface area contributed by atoms with Crippen LogP contribution in [-0.2, 0) is 4.79 Å². The molecule has 0 aliphatic carbocycles. The van der Waals surface area contributed by atoms with Crippen LogP contribution >= 0.6 is 11.3 Å². The highest BCUT2D eigenvalue weighted by molar-refractivity contribution is 7.17. The molecule has 4 aromatic rings. The van der Waals surface area contributed by atoms with E-state index in [1.165, 1.54) is 11.1 Å². The third-order valence-corrected chi connectivity index (χ3v) is 6.68. The molecule has 1 saturated heterocycles. The van der Waals surface area contributed by atoms with Gasteiger partial charge >= 0.3 is 5.97 Å². The SMILES string of the molecule is O=C(O)C1CCN(c2ncnc3scc(-c4ccc(-c5ccccc5)cc4)c23)CC1. The summed E-state index contributed by atoms with van der Waals surface area (Å²) in [6.45, 7) is 1.40. The number of carboxylic acid groups (broad SMARTS) is 1. The van der Waals surface area contributed by atoms with Crippen molar-refractivity contribution in [1.29, 1.82) is 0 Å². The van der Waals surface area contributed by atoms with E-state index in [2.05, 4.69) is 56.6 Å². The highest BCUT2D eigenvalue weighted by Gasteiger charge is 2.27. The Labute approximate surface area is 178 Å². The standard InChI is InChI=1S/C24H21N3O2S/c28-24(29)19-10-12-27(13-11-19)22-21-20(14-30-23(21)26-15-25-22)18-8-6-17(7-9-18)16-4-2-1-3-5-16/h1-9,14-15,19H,10-13H2,(H,28,29). The molecule has 0 radical (unpaired) electrons. The molecule has 3 heterocycles. The van der Waals surface area contributed by atoms with Crippen LogP contribution in [0.3, 0.4) is 0 Å². The molecule has 0 bridgehead atoms. The minimum Gasteiger partial charge on any atom is -0.481 e. The van der Waals surface area contributed by atoms with Gasteiger partial charge in [0.15, 0.2) is 0 Å². The number of hydrogen-bond donors (Lipinski definition) is 1. The van der Waals surface area contributed by atoms with E-state index < -0.39 is 5.97 Å². The Bertz CT molecular complexity index is 1180. The molecule has 5 nitrogen and oxygen atoms in total. The lowest BCUT2D eigenvalue weighted by atomic mass is 9.96. The van der Waals surface area contributed by atoms with Crippen molar-refractivity contribution in [1.82, 2.24) is 9.97 Å². The summed E-state index contributed by atoms with van der Waals surface area (Å²) in [6, 6.07) is 18.9. The minimum absolute atomic E-state index is 0.258. The zero-order chi connectivity index (χ0) is 20.5. The first-order valence-electron chi connectivity index (χ1n) is 10.1. The van der Waals surface area contributed by atoms with E-state index >= 15 is 0 Å². The molecule has 5 rings (SSSR count). The first-order chi connectivity index (χ1) is 14.7. The number of aliphatic carboxylic acids is 1. The number of benzene rings is 2. The lowest BCUT2D eigenvalue weighted by Gasteiger charge is -2.31. The lowest BCUT2D eigenvalue weighted by molar-refractivity contribution is -0.142. The summed E-state index contributed by atoms with van der Waals surface area (Å²) in [5, 5.41) is 12.5. The first-order valence-corrected chi connectivity index (χ1v) is 10.9. The fourth-order valence-electron chi connectivity index (χ4n) is 4.12. The largest absolute Gasteiger partial charge is 0.481 e. The van der Waals surface area contributed by atoms with Gasteiger partial charge in [-0.05, 0) is 29.5 Å². The normalized spacial score (nSPS) is 14.9. The fraction of sp³-hybridized carbons (Fsp3) is 0.208. The average molecular weight is 416 g/mol. The number of thiophene rings is 1. The van der Waals surface area contributed by atoms with Crippen LogP contribution in [0.15, 0.2) is 66.3 Å². The number of piperidine rings is 1. The van der Waals surface area contributed by atoms with Gasteiger partial charge in [0.2, 0.25) is 0 Å². The molecule has 0 atom stereocenters. The van der Waals surface area contributed by atoms with Crippen molar-refractivity contribution in [2.75, 3.05) is 18.0 Å². The van der Waals surface area contributed by atoms with E-state index in [-0.39, 0.29) is 5.92 Å². The second kappa shape index (κ2) is 7.88. The third kappa shape index (κ3) is 3.44. The maximum absolute atomic E-state index is 11.3. The molecule has 0 amide bonds. The maximum Gasteiger partial charge on any atom is 0.306 e.